The van der Waals surface area contributed by atoms with Gasteiger partial charge >= 0.3 is 0 Å². The Hall–Kier alpha value is -1.59. The van der Waals surface area contributed by atoms with Crippen LogP contribution in [0.15, 0.2) is 63.7 Å². The minimum atomic E-state index is 0.652. The van der Waals surface area contributed by atoms with Gasteiger partial charge in [0.05, 0.1) is 17.6 Å². The fourth-order valence-electron chi connectivity index (χ4n) is 2.01. The molecule has 0 saturated carbocycles. The number of hydrogen-bond donors (Lipinski definition) is 1. The molecule has 0 aliphatic rings. The summed E-state index contributed by atoms with van der Waals surface area (Å²) in [5.41, 5.74) is 9.48. The van der Waals surface area contributed by atoms with E-state index in [0.717, 1.165) is 25.9 Å². The van der Waals surface area contributed by atoms with Gasteiger partial charge in [-0.2, -0.15) is 5.10 Å². The van der Waals surface area contributed by atoms with E-state index in [1.54, 1.807) is 4.68 Å². The number of nitrogens with two attached hydrogens (primary N) is 1. The van der Waals surface area contributed by atoms with Crippen LogP contribution in [0.3, 0.4) is 0 Å². The van der Waals surface area contributed by atoms with Gasteiger partial charge in [0.25, 0.3) is 0 Å². The van der Waals surface area contributed by atoms with Crippen molar-refractivity contribution in [3.05, 3.63) is 63.7 Å². The molecular weight excluding hydrogens is 382 g/mol. The van der Waals surface area contributed by atoms with E-state index in [9.17, 15) is 0 Å². The summed E-state index contributed by atoms with van der Waals surface area (Å²) in [6.07, 6.45) is 1.83. The predicted molar refractivity (Wildman–Crippen MR) is 88.8 cm³/mol. The summed E-state index contributed by atoms with van der Waals surface area (Å²) in [5, 5.41) is 4.59. The zero-order chi connectivity index (χ0) is 14.1. The molecule has 2 N–H and O–H groups in total. The highest BCUT2D eigenvalue weighted by atomic mass is 79.9. The summed E-state index contributed by atoms with van der Waals surface area (Å²) in [7, 11) is 0. The predicted octanol–water partition coefficient (Wildman–Crippen LogP) is 4.65. The third-order valence-electron chi connectivity index (χ3n) is 2.94. The number of hydrogen-bond acceptors (Lipinski definition) is 2. The highest BCUT2D eigenvalue weighted by molar-refractivity contribution is 9.10. The molecule has 3 aromatic rings. The van der Waals surface area contributed by atoms with E-state index in [1.807, 2.05) is 54.7 Å². The Bertz CT molecular complexity index is 765. The molecule has 20 heavy (non-hydrogen) atoms. The Balaban J connectivity index is 2.10. The lowest BCUT2D eigenvalue weighted by atomic mass is 10.1. The monoisotopic (exact) mass is 391 g/mol. The fourth-order valence-corrected chi connectivity index (χ4v) is 2.87. The number of para-hydroxylation sites is 1. The van der Waals surface area contributed by atoms with Gasteiger partial charge in [-0.05, 0) is 40.2 Å². The van der Waals surface area contributed by atoms with E-state index < -0.39 is 0 Å². The molecule has 0 unspecified atom stereocenters. The van der Waals surface area contributed by atoms with Crippen LogP contribution in [-0.4, -0.2) is 9.78 Å². The molecule has 0 amide bonds. The summed E-state index contributed by atoms with van der Waals surface area (Å²) >= 11 is 6.99. The molecule has 0 fully saturated rings. The molecule has 0 saturated heterocycles. The van der Waals surface area contributed by atoms with E-state index in [1.165, 1.54) is 0 Å². The Morgan fingerprint density at radius 2 is 1.80 bits per heavy atom. The number of rotatable bonds is 2. The standard InChI is InChI=1S/C15H11Br2N3/c16-11-5-3-4-10(8-11)15-13(18)9-20(19-15)14-7-2-1-6-12(14)17/h1-9H,18H2. The van der Waals surface area contributed by atoms with Crippen molar-refractivity contribution in [3.8, 4) is 16.9 Å². The molecule has 0 aliphatic carbocycles. The molecule has 3 rings (SSSR count). The minimum Gasteiger partial charge on any atom is -0.396 e. The van der Waals surface area contributed by atoms with Crippen LogP contribution < -0.4 is 5.73 Å². The van der Waals surface area contributed by atoms with Crippen molar-refractivity contribution < 1.29 is 0 Å². The smallest absolute Gasteiger partial charge is 0.116 e. The van der Waals surface area contributed by atoms with Crippen molar-refractivity contribution in [2.24, 2.45) is 0 Å². The zero-order valence-corrected chi connectivity index (χ0v) is 13.6. The maximum absolute atomic E-state index is 6.10. The SMILES string of the molecule is Nc1cn(-c2ccccc2Br)nc1-c1cccc(Br)c1. The number of anilines is 1. The van der Waals surface area contributed by atoms with Crippen molar-refractivity contribution >= 4 is 37.5 Å². The number of benzene rings is 2. The normalized spacial score (nSPS) is 10.7. The van der Waals surface area contributed by atoms with Crippen LogP contribution in [0, 0.1) is 0 Å². The number of nitrogens with zero attached hydrogens (tertiary/aromatic N) is 2. The molecule has 100 valence electrons. The third-order valence-corrected chi connectivity index (χ3v) is 4.10. The Morgan fingerprint density at radius 1 is 1.00 bits per heavy atom. The number of nitrogen functional groups attached to an aromatic ring is 1. The van der Waals surface area contributed by atoms with Gasteiger partial charge in [-0.25, -0.2) is 4.68 Å². The molecule has 2 aromatic carbocycles. The third kappa shape index (κ3) is 2.51. The van der Waals surface area contributed by atoms with Crippen molar-refractivity contribution in [1.29, 1.82) is 0 Å². The number of halogens is 2. The van der Waals surface area contributed by atoms with Gasteiger partial charge in [0.1, 0.15) is 5.69 Å². The zero-order valence-electron chi connectivity index (χ0n) is 10.4. The fraction of sp³-hybridized carbons (Fsp3) is 0. The van der Waals surface area contributed by atoms with Crippen LogP contribution in [0.5, 0.6) is 0 Å². The van der Waals surface area contributed by atoms with E-state index >= 15 is 0 Å². The molecule has 0 spiro atoms. The summed E-state index contributed by atoms with van der Waals surface area (Å²) in [6, 6.07) is 15.8. The number of aromatic nitrogens is 2. The highest BCUT2D eigenvalue weighted by Gasteiger charge is 2.11. The maximum atomic E-state index is 6.10. The summed E-state index contributed by atoms with van der Waals surface area (Å²) in [4.78, 5) is 0. The van der Waals surface area contributed by atoms with Crippen LogP contribution in [-0.2, 0) is 0 Å². The van der Waals surface area contributed by atoms with Gasteiger partial charge in [-0.15, -0.1) is 0 Å². The molecule has 1 aromatic heterocycles. The van der Waals surface area contributed by atoms with E-state index in [2.05, 4.69) is 37.0 Å². The Morgan fingerprint density at radius 3 is 2.55 bits per heavy atom. The lowest BCUT2D eigenvalue weighted by molar-refractivity contribution is 0.880. The van der Waals surface area contributed by atoms with Crippen LogP contribution in [0.25, 0.3) is 16.9 Å². The first kappa shape index (κ1) is 13.4. The Kier molecular flexibility index (Phi) is 3.63. The van der Waals surface area contributed by atoms with Crippen molar-refractivity contribution in [2.75, 3.05) is 5.73 Å². The quantitative estimate of drug-likeness (QED) is 0.689. The van der Waals surface area contributed by atoms with Crippen molar-refractivity contribution in [1.82, 2.24) is 9.78 Å². The molecule has 3 nitrogen and oxygen atoms in total. The van der Waals surface area contributed by atoms with E-state index in [4.69, 9.17) is 5.73 Å². The molecule has 1 heterocycles. The van der Waals surface area contributed by atoms with Gasteiger partial charge in [0, 0.05) is 14.5 Å². The van der Waals surface area contributed by atoms with Crippen molar-refractivity contribution in [2.45, 2.75) is 0 Å². The topological polar surface area (TPSA) is 43.8 Å². The van der Waals surface area contributed by atoms with E-state index in [-0.39, 0.29) is 0 Å². The molecule has 0 aliphatic heterocycles. The first-order valence-electron chi connectivity index (χ1n) is 6.01. The van der Waals surface area contributed by atoms with Crippen LogP contribution in [0.2, 0.25) is 0 Å². The second kappa shape index (κ2) is 5.42. The van der Waals surface area contributed by atoms with Crippen LogP contribution in [0.4, 0.5) is 5.69 Å². The lowest BCUT2D eigenvalue weighted by Gasteiger charge is -2.03. The average Bonchev–Trinajstić information content (AvgIpc) is 2.81. The first-order valence-corrected chi connectivity index (χ1v) is 7.60. The first-order chi connectivity index (χ1) is 9.65. The van der Waals surface area contributed by atoms with Crippen LogP contribution >= 0.6 is 31.9 Å². The molecule has 0 radical (unpaired) electrons. The molecular formula is C15H11Br2N3. The Labute approximate surface area is 133 Å². The highest BCUT2D eigenvalue weighted by Crippen LogP contribution is 2.29. The summed E-state index contributed by atoms with van der Waals surface area (Å²) in [5.74, 6) is 0. The average molecular weight is 393 g/mol. The van der Waals surface area contributed by atoms with Gasteiger partial charge in [0.15, 0.2) is 0 Å². The van der Waals surface area contributed by atoms with Gasteiger partial charge in [-0.1, -0.05) is 40.2 Å². The largest absolute Gasteiger partial charge is 0.396 e. The van der Waals surface area contributed by atoms with Gasteiger partial charge in [-0.3, -0.25) is 0 Å². The van der Waals surface area contributed by atoms with Crippen molar-refractivity contribution in [3.63, 3.8) is 0 Å². The van der Waals surface area contributed by atoms with E-state index in [0.29, 0.717) is 5.69 Å². The van der Waals surface area contributed by atoms with Crippen LogP contribution in [0.1, 0.15) is 0 Å². The molecule has 0 bridgehead atoms. The minimum absolute atomic E-state index is 0.652. The molecule has 5 heteroatoms. The molecule has 0 atom stereocenters. The van der Waals surface area contributed by atoms with Gasteiger partial charge < -0.3 is 5.73 Å². The van der Waals surface area contributed by atoms with Gasteiger partial charge in [0.2, 0.25) is 0 Å². The summed E-state index contributed by atoms with van der Waals surface area (Å²) < 4.78 is 3.77. The summed E-state index contributed by atoms with van der Waals surface area (Å²) in [6.45, 7) is 0. The second-order valence-corrected chi connectivity index (χ2v) is 6.11. The maximum Gasteiger partial charge on any atom is 0.116 e. The second-order valence-electron chi connectivity index (χ2n) is 4.34. The lowest BCUT2D eigenvalue weighted by Crippen LogP contribution is -1.95.